The summed E-state index contributed by atoms with van der Waals surface area (Å²) < 4.78 is 0. The monoisotopic (exact) mass is 279 g/mol. The van der Waals surface area contributed by atoms with Crippen LogP contribution in [0.5, 0.6) is 0 Å². The third-order valence-electron chi connectivity index (χ3n) is 3.53. The Morgan fingerprint density at radius 3 is 2.57 bits per heavy atom. The molecule has 0 spiro atoms. The highest BCUT2D eigenvalue weighted by atomic mass is 15.2. The Balaban J connectivity index is 1.85. The van der Waals surface area contributed by atoms with Gasteiger partial charge in [0.05, 0.1) is 17.8 Å². The molecular formula is C16H17N5. The van der Waals surface area contributed by atoms with Gasteiger partial charge in [-0.1, -0.05) is 20.8 Å². The van der Waals surface area contributed by atoms with Crippen molar-refractivity contribution in [1.82, 2.24) is 15.0 Å². The van der Waals surface area contributed by atoms with Crippen molar-refractivity contribution in [1.29, 1.82) is 5.26 Å². The molecule has 3 heterocycles. The molecule has 0 amide bonds. The molecule has 0 radical (unpaired) electrons. The standard InChI is InChI=1S/C16H17N5/c1-16(2,3)15-19-8-12-9-21(10-13(12)20-15)14-5-4-11(6-17)7-18-14/h4-5,7-8H,9-10H2,1-3H3. The molecule has 0 unspecified atom stereocenters. The van der Waals surface area contributed by atoms with Gasteiger partial charge in [0.1, 0.15) is 17.7 Å². The van der Waals surface area contributed by atoms with Gasteiger partial charge in [-0.2, -0.15) is 5.26 Å². The Morgan fingerprint density at radius 2 is 1.95 bits per heavy atom. The Hall–Kier alpha value is -2.48. The summed E-state index contributed by atoms with van der Waals surface area (Å²) in [6.07, 6.45) is 3.52. The van der Waals surface area contributed by atoms with Gasteiger partial charge in [-0.25, -0.2) is 15.0 Å². The van der Waals surface area contributed by atoms with Gasteiger partial charge in [-0.15, -0.1) is 0 Å². The average molecular weight is 279 g/mol. The molecule has 0 fully saturated rings. The van der Waals surface area contributed by atoms with Gasteiger partial charge in [0.15, 0.2) is 0 Å². The van der Waals surface area contributed by atoms with Crippen molar-refractivity contribution in [2.75, 3.05) is 4.90 Å². The third kappa shape index (κ3) is 2.57. The summed E-state index contributed by atoms with van der Waals surface area (Å²) in [4.78, 5) is 15.7. The molecule has 0 aromatic carbocycles. The second kappa shape index (κ2) is 4.81. The quantitative estimate of drug-likeness (QED) is 0.802. The number of pyridine rings is 1. The predicted octanol–water partition coefficient (Wildman–Crippen LogP) is 2.56. The van der Waals surface area contributed by atoms with E-state index in [0.717, 1.165) is 36.0 Å². The van der Waals surface area contributed by atoms with Crippen LogP contribution in [-0.4, -0.2) is 15.0 Å². The maximum atomic E-state index is 8.82. The summed E-state index contributed by atoms with van der Waals surface area (Å²) in [5.74, 6) is 1.74. The van der Waals surface area contributed by atoms with E-state index in [4.69, 9.17) is 10.2 Å². The third-order valence-corrected chi connectivity index (χ3v) is 3.53. The summed E-state index contributed by atoms with van der Waals surface area (Å²) in [6, 6.07) is 5.75. The molecule has 2 aromatic rings. The molecule has 0 saturated carbocycles. The SMILES string of the molecule is CC(C)(C)c1ncc2c(n1)CN(c1ccc(C#N)cn1)C2. The number of nitriles is 1. The topological polar surface area (TPSA) is 65.7 Å². The first kappa shape index (κ1) is 13.5. The lowest BCUT2D eigenvalue weighted by atomic mass is 9.95. The lowest BCUT2D eigenvalue weighted by Gasteiger charge is -2.16. The second-order valence-electron chi connectivity index (χ2n) is 6.29. The predicted molar refractivity (Wildman–Crippen MR) is 79.6 cm³/mol. The van der Waals surface area contributed by atoms with E-state index in [1.807, 2.05) is 12.3 Å². The van der Waals surface area contributed by atoms with E-state index in [-0.39, 0.29) is 5.41 Å². The zero-order chi connectivity index (χ0) is 15.0. The van der Waals surface area contributed by atoms with Crippen LogP contribution in [0.25, 0.3) is 0 Å². The van der Waals surface area contributed by atoms with E-state index in [2.05, 4.69) is 41.7 Å². The molecule has 1 aliphatic rings. The minimum Gasteiger partial charge on any atom is -0.346 e. The first-order valence-electron chi connectivity index (χ1n) is 6.94. The van der Waals surface area contributed by atoms with Crippen LogP contribution in [0.1, 0.15) is 43.4 Å². The Morgan fingerprint density at radius 1 is 1.14 bits per heavy atom. The summed E-state index contributed by atoms with van der Waals surface area (Å²) in [6.45, 7) is 7.84. The van der Waals surface area contributed by atoms with Crippen molar-refractivity contribution in [2.45, 2.75) is 39.3 Å². The summed E-state index contributed by atoms with van der Waals surface area (Å²) in [5.41, 5.74) is 2.75. The van der Waals surface area contributed by atoms with Gasteiger partial charge >= 0.3 is 0 Å². The van der Waals surface area contributed by atoms with Crippen LogP contribution >= 0.6 is 0 Å². The normalized spacial score (nSPS) is 13.9. The maximum Gasteiger partial charge on any atom is 0.133 e. The molecule has 106 valence electrons. The van der Waals surface area contributed by atoms with Gasteiger partial charge in [0.2, 0.25) is 0 Å². The largest absolute Gasteiger partial charge is 0.346 e. The van der Waals surface area contributed by atoms with E-state index >= 15 is 0 Å². The van der Waals surface area contributed by atoms with Crippen molar-refractivity contribution in [3.63, 3.8) is 0 Å². The Kier molecular flexibility index (Phi) is 3.09. The molecule has 0 aliphatic carbocycles. The highest BCUT2D eigenvalue weighted by Gasteiger charge is 2.25. The zero-order valence-electron chi connectivity index (χ0n) is 12.5. The number of anilines is 1. The van der Waals surface area contributed by atoms with Crippen LogP contribution in [0.3, 0.4) is 0 Å². The van der Waals surface area contributed by atoms with Crippen LogP contribution in [0.2, 0.25) is 0 Å². The number of hydrogen-bond donors (Lipinski definition) is 0. The minimum atomic E-state index is -0.0465. The van der Waals surface area contributed by atoms with Crippen LogP contribution in [0.4, 0.5) is 5.82 Å². The minimum absolute atomic E-state index is 0.0465. The zero-order valence-corrected chi connectivity index (χ0v) is 12.5. The summed E-state index contributed by atoms with van der Waals surface area (Å²) >= 11 is 0. The van der Waals surface area contributed by atoms with Crippen LogP contribution in [0.15, 0.2) is 24.5 Å². The van der Waals surface area contributed by atoms with E-state index in [9.17, 15) is 0 Å². The molecule has 0 N–H and O–H groups in total. The number of fused-ring (bicyclic) bond motifs is 1. The second-order valence-corrected chi connectivity index (χ2v) is 6.29. The lowest BCUT2D eigenvalue weighted by Crippen LogP contribution is -2.17. The highest BCUT2D eigenvalue weighted by Crippen LogP contribution is 2.27. The maximum absolute atomic E-state index is 8.82. The van der Waals surface area contributed by atoms with Crippen molar-refractivity contribution in [3.05, 3.63) is 47.2 Å². The number of hydrogen-bond acceptors (Lipinski definition) is 5. The molecular weight excluding hydrogens is 262 g/mol. The van der Waals surface area contributed by atoms with Gasteiger partial charge in [0.25, 0.3) is 0 Å². The fourth-order valence-electron chi connectivity index (χ4n) is 2.32. The molecule has 1 aliphatic heterocycles. The fraction of sp³-hybridized carbons (Fsp3) is 0.375. The van der Waals surface area contributed by atoms with Gasteiger partial charge in [0, 0.05) is 29.9 Å². The molecule has 5 heteroatoms. The van der Waals surface area contributed by atoms with Crippen LogP contribution in [0, 0.1) is 11.3 Å². The van der Waals surface area contributed by atoms with E-state index in [0.29, 0.717) is 5.56 Å². The van der Waals surface area contributed by atoms with E-state index < -0.39 is 0 Å². The first-order valence-corrected chi connectivity index (χ1v) is 6.94. The smallest absolute Gasteiger partial charge is 0.133 e. The van der Waals surface area contributed by atoms with Gasteiger partial charge < -0.3 is 4.90 Å². The summed E-state index contributed by atoms with van der Waals surface area (Å²) in [7, 11) is 0. The number of rotatable bonds is 1. The fourth-order valence-corrected chi connectivity index (χ4v) is 2.32. The average Bonchev–Trinajstić information content (AvgIpc) is 2.89. The molecule has 0 atom stereocenters. The Bertz CT molecular complexity index is 707. The van der Waals surface area contributed by atoms with Gasteiger partial charge in [-0.3, -0.25) is 0 Å². The van der Waals surface area contributed by atoms with E-state index in [1.165, 1.54) is 0 Å². The Labute approximate surface area is 124 Å². The lowest BCUT2D eigenvalue weighted by molar-refractivity contribution is 0.541. The van der Waals surface area contributed by atoms with Gasteiger partial charge in [-0.05, 0) is 12.1 Å². The van der Waals surface area contributed by atoms with Crippen LogP contribution < -0.4 is 4.90 Å². The van der Waals surface area contributed by atoms with Crippen molar-refractivity contribution >= 4 is 5.82 Å². The van der Waals surface area contributed by atoms with Crippen molar-refractivity contribution in [2.24, 2.45) is 0 Å². The first-order chi connectivity index (χ1) is 9.97. The number of aromatic nitrogens is 3. The van der Waals surface area contributed by atoms with E-state index in [1.54, 1.807) is 12.3 Å². The molecule has 21 heavy (non-hydrogen) atoms. The molecule has 0 saturated heterocycles. The van der Waals surface area contributed by atoms with Crippen LogP contribution in [-0.2, 0) is 18.5 Å². The summed E-state index contributed by atoms with van der Waals surface area (Å²) in [5, 5.41) is 8.82. The molecule has 2 aromatic heterocycles. The number of nitrogens with zero attached hydrogens (tertiary/aromatic N) is 5. The molecule has 0 bridgehead atoms. The van der Waals surface area contributed by atoms with Crippen molar-refractivity contribution < 1.29 is 0 Å². The highest BCUT2D eigenvalue weighted by molar-refractivity contribution is 5.46. The molecule has 3 rings (SSSR count). The van der Waals surface area contributed by atoms with Crippen molar-refractivity contribution in [3.8, 4) is 6.07 Å². The molecule has 5 nitrogen and oxygen atoms in total.